The number of aromatic nitrogens is 1. The fraction of sp³-hybridized carbons (Fsp3) is 0.588. The standard InChI is InChI=1S/C17H25N3O7S/c1-17(2,3)26-16(23)20(12-7-9-19(10-8-12)15(21)22)14-6-5-13(11-18-14)27-28(4,24)25/h5-6,11-12H,7-10H2,1-4H3,(H,21,22). The summed E-state index contributed by atoms with van der Waals surface area (Å²) in [5.74, 6) is 0.292. The van der Waals surface area contributed by atoms with Crippen molar-refractivity contribution in [1.82, 2.24) is 9.88 Å². The Morgan fingerprint density at radius 3 is 2.29 bits per heavy atom. The number of ether oxygens (including phenoxy) is 1. The number of pyridine rings is 1. The second-order valence-corrected chi connectivity index (χ2v) is 9.07. The molecule has 1 aromatic rings. The van der Waals surface area contributed by atoms with Crippen molar-refractivity contribution in [2.45, 2.75) is 45.3 Å². The topological polar surface area (TPSA) is 126 Å². The molecule has 1 aromatic heterocycles. The SMILES string of the molecule is CC(C)(C)OC(=O)N(c1ccc(OS(C)(=O)=O)cn1)C1CCN(C(=O)O)CC1. The van der Waals surface area contributed by atoms with Crippen LogP contribution in [0.15, 0.2) is 18.3 Å². The van der Waals surface area contributed by atoms with Crippen molar-refractivity contribution in [3.05, 3.63) is 18.3 Å². The molecule has 10 nitrogen and oxygen atoms in total. The summed E-state index contributed by atoms with van der Waals surface area (Å²) in [5, 5.41) is 9.11. The first kappa shape index (κ1) is 21.7. The molecule has 0 radical (unpaired) electrons. The lowest BCUT2D eigenvalue weighted by atomic mass is 10.0. The van der Waals surface area contributed by atoms with Gasteiger partial charge >= 0.3 is 22.3 Å². The van der Waals surface area contributed by atoms with E-state index in [1.807, 2.05) is 0 Å². The molecule has 1 fully saturated rings. The van der Waals surface area contributed by atoms with Crippen LogP contribution in [-0.2, 0) is 14.9 Å². The highest BCUT2D eigenvalue weighted by Gasteiger charge is 2.34. The van der Waals surface area contributed by atoms with Crippen molar-refractivity contribution in [2.75, 3.05) is 24.2 Å². The summed E-state index contributed by atoms with van der Waals surface area (Å²) in [6.45, 7) is 5.80. The molecular weight excluding hydrogens is 390 g/mol. The van der Waals surface area contributed by atoms with Gasteiger partial charge < -0.3 is 18.9 Å². The van der Waals surface area contributed by atoms with E-state index < -0.39 is 27.9 Å². The third-order valence-corrected chi connectivity index (χ3v) is 4.40. The van der Waals surface area contributed by atoms with Crippen LogP contribution in [0.5, 0.6) is 5.75 Å². The Hall–Kier alpha value is -2.56. The molecule has 156 valence electrons. The Morgan fingerprint density at radius 2 is 1.86 bits per heavy atom. The van der Waals surface area contributed by atoms with Crippen LogP contribution in [0.4, 0.5) is 15.4 Å². The second kappa shape index (κ2) is 8.21. The molecule has 0 atom stereocenters. The maximum atomic E-state index is 12.8. The maximum Gasteiger partial charge on any atom is 0.416 e. The number of hydrogen-bond donors (Lipinski definition) is 1. The van der Waals surface area contributed by atoms with Gasteiger partial charge in [0.2, 0.25) is 0 Å². The third kappa shape index (κ3) is 6.25. The zero-order valence-corrected chi connectivity index (χ0v) is 17.1. The fourth-order valence-corrected chi connectivity index (χ4v) is 3.24. The van der Waals surface area contributed by atoms with Crippen LogP contribution in [0.25, 0.3) is 0 Å². The molecule has 1 aliphatic heterocycles. The zero-order chi connectivity index (χ0) is 21.1. The van der Waals surface area contributed by atoms with E-state index in [0.717, 1.165) is 6.26 Å². The number of carbonyl (C=O) groups is 2. The molecule has 0 spiro atoms. The minimum Gasteiger partial charge on any atom is -0.465 e. The molecule has 28 heavy (non-hydrogen) atoms. The summed E-state index contributed by atoms with van der Waals surface area (Å²) >= 11 is 0. The summed E-state index contributed by atoms with van der Waals surface area (Å²) < 4.78 is 32.7. The van der Waals surface area contributed by atoms with Crippen LogP contribution in [0, 0.1) is 0 Å². The molecule has 0 aromatic carbocycles. The van der Waals surface area contributed by atoms with Gasteiger partial charge in [0.25, 0.3) is 0 Å². The Balaban J connectivity index is 2.26. The van der Waals surface area contributed by atoms with Gasteiger partial charge in [-0.05, 0) is 45.7 Å². The summed E-state index contributed by atoms with van der Waals surface area (Å²) in [6, 6.07) is 2.56. The lowest BCUT2D eigenvalue weighted by Gasteiger charge is -2.37. The van der Waals surface area contributed by atoms with Gasteiger partial charge in [-0.3, -0.25) is 4.90 Å². The van der Waals surface area contributed by atoms with Crippen molar-refractivity contribution < 1.29 is 32.0 Å². The van der Waals surface area contributed by atoms with Crippen LogP contribution >= 0.6 is 0 Å². The van der Waals surface area contributed by atoms with E-state index >= 15 is 0 Å². The average Bonchev–Trinajstić information content (AvgIpc) is 2.54. The van der Waals surface area contributed by atoms with Gasteiger partial charge in [-0.1, -0.05) is 0 Å². The van der Waals surface area contributed by atoms with E-state index in [2.05, 4.69) is 4.98 Å². The van der Waals surface area contributed by atoms with Crippen LogP contribution in [0.2, 0.25) is 0 Å². The monoisotopic (exact) mass is 415 g/mol. The zero-order valence-electron chi connectivity index (χ0n) is 16.3. The molecule has 0 bridgehead atoms. The van der Waals surface area contributed by atoms with E-state index in [1.165, 1.54) is 28.1 Å². The number of rotatable bonds is 4. The van der Waals surface area contributed by atoms with Crippen molar-refractivity contribution in [3.8, 4) is 5.75 Å². The first-order valence-corrected chi connectivity index (χ1v) is 10.5. The van der Waals surface area contributed by atoms with E-state index in [9.17, 15) is 18.0 Å². The Labute approximate surface area is 164 Å². The van der Waals surface area contributed by atoms with Gasteiger partial charge in [0, 0.05) is 19.1 Å². The van der Waals surface area contributed by atoms with Crippen molar-refractivity contribution in [2.24, 2.45) is 0 Å². The first-order valence-electron chi connectivity index (χ1n) is 8.71. The van der Waals surface area contributed by atoms with Gasteiger partial charge in [0.15, 0.2) is 5.75 Å². The number of carbonyl (C=O) groups excluding carboxylic acids is 1. The Kier molecular flexibility index (Phi) is 6.37. The number of likely N-dealkylation sites (tertiary alicyclic amines) is 1. The third-order valence-electron chi connectivity index (χ3n) is 3.91. The van der Waals surface area contributed by atoms with Crippen molar-refractivity contribution >= 4 is 28.1 Å². The number of hydrogen-bond acceptors (Lipinski definition) is 7. The maximum absolute atomic E-state index is 12.8. The molecule has 2 rings (SSSR count). The van der Waals surface area contributed by atoms with Crippen molar-refractivity contribution in [3.63, 3.8) is 0 Å². The largest absolute Gasteiger partial charge is 0.465 e. The average molecular weight is 415 g/mol. The van der Waals surface area contributed by atoms with E-state index in [1.54, 1.807) is 20.8 Å². The van der Waals surface area contributed by atoms with Crippen LogP contribution in [-0.4, -0.2) is 66.6 Å². The van der Waals surface area contributed by atoms with Crippen LogP contribution < -0.4 is 9.08 Å². The van der Waals surface area contributed by atoms with Crippen molar-refractivity contribution in [1.29, 1.82) is 0 Å². The van der Waals surface area contributed by atoms with Crippen LogP contribution in [0.3, 0.4) is 0 Å². The van der Waals surface area contributed by atoms with E-state index in [-0.39, 0.29) is 30.7 Å². The van der Waals surface area contributed by atoms with E-state index in [4.69, 9.17) is 14.0 Å². The van der Waals surface area contributed by atoms with Gasteiger partial charge in [-0.25, -0.2) is 14.6 Å². The Bertz CT molecular complexity index is 810. The summed E-state index contributed by atoms with van der Waals surface area (Å²) in [5.41, 5.74) is -0.726. The quantitative estimate of drug-likeness (QED) is 0.742. The number of piperidine rings is 1. The lowest BCUT2D eigenvalue weighted by molar-refractivity contribution is 0.0548. The summed E-state index contributed by atoms with van der Waals surface area (Å²) in [7, 11) is -3.69. The predicted molar refractivity (Wildman–Crippen MR) is 101 cm³/mol. The molecule has 1 saturated heterocycles. The number of nitrogens with zero attached hydrogens (tertiary/aromatic N) is 3. The summed E-state index contributed by atoms with van der Waals surface area (Å²) in [6.07, 6.45) is 1.38. The van der Waals surface area contributed by atoms with Gasteiger partial charge in [0.1, 0.15) is 11.4 Å². The van der Waals surface area contributed by atoms with E-state index in [0.29, 0.717) is 12.8 Å². The molecule has 2 amide bonds. The fourth-order valence-electron chi connectivity index (χ4n) is 2.80. The summed E-state index contributed by atoms with van der Waals surface area (Å²) in [4.78, 5) is 30.7. The minimum atomic E-state index is -3.69. The molecule has 0 unspecified atom stereocenters. The molecular formula is C17H25N3O7S. The molecule has 11 heteroatoms. The molecule has 2 heterocycles. The molecule has 1 N–H and O–H groups in total. The Morgan fingerprint density at radius 1 is 1.25 bits per heavy atom. The predicted octanol–water partition coefficient (Wildman–Crippen LogP) is 2.30. The minimum absolute atomic E-state index is 0.0242. The lowest BCUT2D eigenvalue weighted by Crippen LogP contribution is -2.50. The highest BCUT2D eigenvalue weighted by molar-refractivity contribution is 7.86. The number of carboxylic acid groups (broad SMARTS) is 1. The highest BCUT2D eigenvalue weighted by atomic mass is 32.2. The van der Waals surface area contributed by atoms with Gasteiger partial charge in [-0.2, -0.15) is 8.42 Å². The second-order valence-electron chi connectivity index (χ2n) is 7.49. The van der Waals surface area contributed by atoms with Crippen LogP contribution in [0.1, 0.15) is 33.6 Å². The molecule has 1 aliphatic rings. The normalized spacial score (nSPS) is 15.8. The number of amides is 2. The first-order chi connectivity index (χ1) is 12.9. The number of anilines is 1. The van der Waals surface area contributed by atoms with Gasteiger partial charge in [-0.15, -0.1) is 0 Å². The molecule has 0 saturated carbocycles. The smallest absolute Gasteiger partial charge is 0.416 e. The highest BCUT2D eigenvalue weighted by Crippen LogP contribution is 2.26. The van der Waals surface area contributed by atoms with Gasteiger partial charge in [0.05, 0.1) is 12.5 Å². The molecule has 0 aliphatic carbocycles.